The molecule has 0 bridgehead atoms. The van der Waals surface area contributed by atoms with E-state index < -0.39 is 0 Å². The molecule has 1 aromatic heterocycles. The molecular weight excluding hydrogens is 743 g/mol. The lowest BCUT2D eigenvalue weighted by molar-refractivity contribution is 1.28. The van der Waals surface area contributed by atoms with Crippen LogP contribution in [0, 0.1) is 0 Å². The van der Waals surface area contributed by atoms with Crippen molar-refractivity contribution in [3.8, 4) is 55.6 Å². The fourth-order valence-corrected chi connectivity index (χ4v) is 10.1. The Morgan fingerprint density at radius 2 is 0.700 bits per heavy atom. The first-order valence-corrected chi connectivity index (χ1v) is 21.3. The van der Waals surface area contributed by atoms with E-state index in [1.54, 1.807) is 0 Å². The monoisotopic (exact) mass is 781 g/mol. The summed E-state index contributed by atoms with van der Waals surface area (Å²) in [6.45, 7) is 0. The second-order valence-corrected chi connectivity index (χ2v) is 16.3. The highest BCUT2D eigenvalue weighted by Gasteiger charge is 2.23. The molecule has 0 aliphatic heterocycles. The SMILES string of the molecule is c1ccc(-c2ccc(-c3ccc(N(c4ccccc4-c4ccccc4-c4cccc5ccccc45)c4ccccc4-c4cccc5c4sc4ccccc45)cc3)cc2)cc1. The van der Waals surface area contributed by atoms with Crippen LogP contribution >= 0.6 is 11.3 Å². The van der Waals surface area contributed by atoms with Crippen LogP contribution in [0.25, 0.3) is 86.6 Å². The van der Waals surface area contributed by atoms with Gasteiger partial charge >= 0.3 is 0 Å². The summed E-state index contributed by atoms with van der Waals surface area (Å²) in [7, 11) is 0. The van der Waals surface area contributed by atoms with Crippen LogP contribution in [0.5, 0.6) is 0 Å². The van der Waals surface area contributed by atoms with E-state index in [1.807, 2.05) is 11.3 Å². The van der Waals surface area contributed by atoms with Crippen molar-refractivity contribution in [3.63, 3.8) is 0 Å². The summed E-state index contributed by atoms with van der Waals surface area (Å²) in [5, 5.41) is 5.08. The van der Waals surface area contributed by atoms with Gasteiger partial charge in [-0.15, -0.1) is 11.3 Å². The van der Waals surface area contributed by atoms with Gasteiger partial charge in [0.1, 0.15) is 0 Å². The van der Waals surface area contributed by atoms with Crippen molar-refractivity contribution in [1.29, 1.82) is 0 Å². The van der Waals surface area contributed by atoms with Gasteiger partial charge in [0.05, 0.1) is 11.4 Å². The Hall–Kier alpha value is -7.52. The molecule has 1 heterocycles. The Bertz CT molecular complexity index is 3300. The molecular formula is C58H39NS. The molecule has 0 amide bonds. The quantitative estimate of drug-likeness (QED) is 0.148. The number of hydrogen-bond donors (Lipinski definition) is 0. The summed E-state index contributed by atoms with van der Waals surface area (Å²) in [5.41, 5.74) is 15.3. The molecule has 0 atom stereocenters. The third kappa shape index (κ3) is 6.35. The van der Waals surface area contributed by atoms with Crippen LogP contribution < -0.4 is 4.90 Å². The van der Waals surface area contributed by atoms with Crippen molar-refractivity contribution >= 4 is 59.3 Å². The third-order valence-electron chi connectivity index (χ3n) is 11.7. The molecule has 11 rings (SSSR count). The molecule has 0 radical (unpaired) electrons. The van der Waals surface area contributed by atoms with Crippen molar-refractivity contribution in [2.75, 3.05) is 4.90 Å². The maximum Gasteiger partial charge on any atom is 0.0540 e. The minimum absolute atomic E-state index is 1.09. The Labute approximate surface area is 354 Å². The molecule has 0 N–H and O–H groups in total. The van der Waals surface area contributed by atoms with Crippen molar-refractivity contribution < 1.29 is 0 Å². The van der Waals surface area contributed by atoms with Crippen molar-refractivity contribution in [1.82, 2.24) is 0 Å². The van der Waals surface area contributed by atoms with Gasteiger partial charge in [-0.2, -0.15) is 0 Å². The fourth-order valence-electron chi connectivity index (χ4n) is 8.86. The van der Waals surface area contributed by atoms with Crippen LogP contribution in [-0.4, -0.2) is 0 Å². The number of para-hydroxylation sites is 2. The van der Waals surface area contributed by atoms with Crippen LogP contribution in [0.3, 0.4) is 0 Å². The predicted molar refractivity (Wildman–Crippen MR) is 259 cm³/mol. The molecule has 0 aliphatic carbocycles. The van der Waals surface area contributed by atoms with Gasteiger partial charge in [0.25, 0.3) is 0 Å². The van der Waals surface area contributed by atoms with Crippen LogP contribution in [0.2, 0.25) is 0 Å². The van der Waals surface area contributed by atoms with E-state index >= 15 is 0 Å². The lowest BCUT2D eigenvalue weighted by Crippen LogP contribution is -2.12. The molecule has 282 valence electrons. The molecule has 0 fully saturated rings. The predicted octanol–water partition coefficient (Wildman–Crippen LogP) is 17.0. The highest BCUT2D eigenvalue weighted by Crippen LogP contribution is 2.49. The summed E-state index contributed by atoms with van der Waals surface area (Å²) < 4.78 is 2.60. The van der Waals surface area contributed by atoms with Crippen LogP contribution in [-0.2, 0) is 0 Å². The smallest absolute Gasteiger partial charge is 0.0540 e. The third-order valence-corrected chi connectivity index (χ3v) is 13.0. The molecule has 60 heavy (non-hydrogen) atoms. The van der Waals surface area contributed by atoms with Gasteiger partial charge < -0.3 is 4.90 Å². The lowest BCUT2D eigenvalue weighted by Gasteiger charge is -2.30. The Morgan fingerprint density at radius 1 is 0.267 bits per heavy atom. The number of fused-ring (bicyclic) bond motifs is 4. The molecule has 0 unspecified atom stereocenters. The minimum Gasteiger partial charge on any atom is -0.309 e. The number of hydrogen-bond acceptors (Lipinski definition) is 2. The molecule has 10 aromatic carbocycles. The van der Waals surface area contributed by atoms with Gasteiger partial charge in [0, 0.05) is 42.6 Å². The topological polar surface area (TPSA) is 3.24 Å². The van der Waals surface area contributed by atoms with E-state index in [4.69, 9.17) is 0 Å². The maximum atomic E-state index is 2.47. The van der Waals surface area contributed by atoms with E-state index in [2.05, 4.69) is 241 Å². The van der Waals surface area contributed by atoms with E-state index in [9.17, 15) is 0 Å². The van der Waals surface area contributed by atoms with E-state index in [-0.39, 0.29) is 0 Å². The van der Waals surface area contributed by atoms with E-state index in [1.165, 1.54) is 81.0 Å². The molecule has 0 saturated heterocycles. The van der Waals surface area contributed by atoms with Gasteiger partial charge in [-0.25, -0.2) is 0 Å². The summed E-state index contributed by atoms with van der Waals surface area (Å²) in [4.78, 5) is 2.47. The van der Waals surface area contributed by atoms with E-state index in [0.717, 1.165) is 22.6 Å². The van der Waals surface area contributed by atoms with Gasteiger partial charge in [-0.05, 0) is 80.0 Å². The minimum atomic E-state index is 1.09. The fraction of sp³-hybridized carbons (Fsp3) is 0. The summed E-state index contributed by atoms with van der Waals surface area (Å²) in [5.74, 6) is 0. The van der Waals surface area contributed by atoms with Gasteiger partial charge in [-0.1, -0.05) is 206 Å². The lowest BCUT2D eigenvalue weighted by atomic mass is 9.90. The zero-order chi connectivity index (χ0) is 39.8. The Morgan fingerprint density at radius 3 is 1.40 bits per heavy atom. The second-order valence-electron chi connectivity index (χ2n) is 15.2. The first-order chi connectivity index (χ1) is 29.8. The first kappa shape index (κ1) is 35.6. The summed E-state index contributed by atoms with van der Waals surface area (Å²) in [6, 6.07) is 86.1. The molecule has 0 saturated carbocycles. The summed E-state index contributed by atoms with van der Waals surface area (Å²) >= 11 is 1.88. The normalized spacial score (nSPS) is 11.3. The number of nitrogens with zero attached hydrogens (tertiary/aromatic N) is 1. The molecule has 0 aliphatic rings. The Kier molecular flexibility index (Phi) is 9.11. The van der Waals surface area contributed by atoms with Crippen LogP contribution in [0.15, 0.2) is 237 Å². The van der Waals surface area contributed by atoms with Crippen molar-refractivity contribution in [2.24, 2.45) is 0 Å². The Balaban J connectivity index is 1.10. The highest BCUT2D eigenvalue weighted by molar-refractivity contribution is 7.26. The van der Waals surface area contributed by atoms with Gasteiger partial charge in [0.2, 0.25) is 0 Å². The number of rotatable bonds is 8. The summed E-state index contributed by atoms with van der Waals surface area (Å²) in [6.07, 6.45) is 0. The molecule has 0 spiro atoms. The second kappa shape index (κ2) is 15.3. The first-order valence-electron chi connectivity index (χ1n) is 20.5. The van der Waals surface area contributed by atoms with Gasteiger partial charge in [-0.3, -0.25) is 0 Å². The van der Waals surface area contributed by atoms with Crippen molar-refractivity contribution in [3.05, 3.63) is 237 Å². The number of anilines is 3. The largest absolute Gasteiger partial charge is 0.309 e. The molecule has 1 nitrogen and oxygen atoms in total. The standard InChI is InChI=1S/C58H39NS/c1-2-16-40(17-3-1)41-32-34-42(35-33-41)43-36-38-45(39-37-43)59(56-30-12-9-24-51(56)53-27-15-28-54-52-25-10-13-31-57(52)60-58(53)54)55-29-11-8-23-50(55)49-22-7-6-21-48(49)47-26-14-19-44-18-4-5-20-46(44)47/h1-39H. The van der Waals surface area contributed by atoms with Crippen molar-refractivity contribution in [2.45, 2.75) is 0 Å². The number of benzene rings is 10. The van der Waals surface area contributed by atoms with Gasteiger partial charge in [0.15, 0.2) is 0 Å². The van der Waals surface area contributed by atoms with E-state index in [0.29, 0.717) is 0 Å². The number of thiophene rings is 1. The average Bonchev–Trinajstić information content (AvgIpc) is 3.72. The van der Waals surface area contributed by atoms with Crippen LogP contribution in [0.4, 0.5) is 17.1 Å². The highest BCUT2D eigenvalue weighted by atomic mass is 32.1. The van der Waals surface area contributed by atoms with Crippen LogP contribution in [0.1, 0.15) is 0 Å². The maximum absolute atomic E-state index is 2.47. The zero-order valence-corrected chi connectivity index (χ0v) is 33.7. The molecule has 11 aromatic rings. The average molecular weight is 782 g/mol. The molecule has 2 heteroatoms. The zero-order valence-electron chi connectivity index (χ0n) is 32.9.